The van der Waals surface area contributed by atoms with Crippen LogP contribution in [-0.4, -0.2) is 54.8 Å². The average molecular weight is 417 g/mol. The number of rotatable bonds is 4. The molecule has 0 spiro atoms. The minimum absolute atomic E-state index is 0.0998. The van der Waals surface area contributed by atoms with E-state index in [0.29, 0.717) is 23.5 Å². The van der Waals surface area contributed by atoms with E-state index < -0.39 is 10.0 Å². The summed E-state index contributed by atoms with van der Waals surface area (Å²) in [6.07, 6.45) is 0.106. The normalized spacial score (nSPS) is 15.5. The van der Waals surface area contributed by atoms with Gasteiger partial charge in [-0.05, 0) is 56.0 Å². The first-order chi connectivity index (χ1) is 13.6. The number of para-hydroxylation sites is 1. The number of piperazine rings is 1. The Labute approximate surface area is 172 Å². The molecule has 29 heavy (non-hydrogen) atoms. The van der Waals surface area contributed by atoms with Gasteiger partial charge in [0.25, 0.3) is 0 Å². The van der Waals surface area contributed by atoms with Crippen LogP contribution in [0.25, 0.3) is 0 Å². The molecule has 1 amide bonds. The van der Waals surface area contributed by atoms with Crippen molar-refractivity contribution < 1.29 is 18.3 Å². The summed E-state index contributed by atoms with van der Waals surface area (Å²) in [5.41, 5.74) is 4.07. The number of carbonyl (C=O) groups excluding carboxylic acids is 1. The van der Waals surface area contributed by atoms with Gasteiger partial charge in [0.05, 0.1) is 11.3 Å². The lowest BCUT2D eigenvalue weighted by atomic mass is 10.0. The Balaban J connectivity index is 1.74. The summed E-state index contributed by atoms with van der Waals surface area (Å²) >= 11 is 0. The summed E-state index contributed by atoms with van der Waals surface area (Å²) < 4.78 is 28.1. The second-order valence-electron chi connectivity index (χ2n) is 7.68. The van der Waals surface area contributed by atoms with Gasteiger partial charge in [0.2, 0.25) is 15.9 Å². The third-order valence-corrected chi connectivity index (χ3v) is 7.99. The molecule has 1 N–H and O–H groups in total. The van der Waals surface area contributed by atoms with E-state index in [9.17, 15) is 18.3 Å². The van der Waals surface area contributed by atoms with Crippen molar-refractivity contribution in [2.24, 2.45) is 0 Å². The Morgan fingerprint density at radius 3 is 2.07 bits per heavy atom. The molecule has 2 aromatic rings. The lowest BCUT2D eigenvalue weighted by Crippen LogP contribution is -2.51. The molecule has 1 fully saturated rings. The third kappa shape index (κ3) is 4.16. The number of aromatic hydroxyl groups is 1. The largest absolute Gasteiger partial charge is 0.508 e. The molecule has 0 unspecified atom stereocenters. The quantitative estimate of drug-likeness (QED) is 0.831. The van der Waals surface area contributed by atoms with Gasteiger partial charge in [0, 0.05) is 31.7 Å². The van der Waals surface area contributed by atoms with Crippen molar-refractivity contribution in [3.63, 3.8) is 0 Å². The van der Waals surface area contributed by atoms with Crippen LogP contribution in [0, 0.1) is 27.7 Å². The van der Waals surface area contributed by atoms with E-state index in [1.54, 1.807) is 29.2 Å². The van der Waals surface area contributed by atoms with Gasteiger partial charge in [0.1, 0.15) is 5.75 Å². The Morgan fingerprint density at radius 2 is 1.52 bits per heavy atom. The SMILES string of the molecule is Cc1cc(C)c(C)c(S(=O)(=O)N2CCN(C(=O)Cc3ccccc3O)CC2)c1C. The summed E-state index contributed by atoms with van der Waals surface area (Å²) in [4.78, 5) is 14.6. The predicted octanol–water partition coefficient (Wildman–Crippen LogP) is 2.70. The molecule has 1 aliphatic rings. The molecule has 0 saturated carbocycles. The van der Waals surface area contributed by atoms with E-state index in [1.165, 1.54) is 4.31 Å². The van der Waals surface area contributed by atoms with E-state index in [4.69, 9.17) is 0 Å². The Morgan fingerprint density at radius 1 is 0.966 bits per heavy atom. The van der Waals surface area contributed by atoms with Crippen LogP contribution in [0.5, 0.6) is 5.75 Å². The van der Waals surface area contributed by atoms with Gasteiger partial charge in [-0.2, -0.15) is 4.31 Å². The number of hydrogen-bond donors (Lipinski definition) is 1. The van der Waals surface area contributed by atoms with Crippen LogP contribution < -0.4 is 0 Å². The maximum absolute atomic E-state index is 13.3. The zero-order valence-electron chi connectivity index (χ0n) is 17.4. The highest BCUT2D eigenvalue weighted by atomic mass is 32.2. The summed E-state index contributed by atoms with van der Waals surface area (Å²) in [5, 5.41) is 9.87. The van der Waals surface area contributed by atoms with Crippen molar-refractivity contribution in [1.82, 2.24) is 9.21 Å². The van der Waals surface area contributed by atoms with Crippen LogP contribution in [0.15, 0.2) is 35.2 Å². The van der Waals surface area contributed by atoms with Crippen molar-refractivity contribution in [1.29, 1.82) is 0 Å². The summed E-state index contributed by atoms with van der Waals surface area (Å²) in [6, 6.07) is 8.78. The molecule has 0 bridgehead atoms. The fourth-order valence-electron chi connectivity index (χ4n) is 3.81. The number of hydrogen-bond acceptors (Lipinski definition) is 4. The highest BCUT2D eigenvalue weighted by Gasteiger charge is 2.33. The molecule has 0 atom stereocenters. The van der Waals surface area contributed by atoms with Crippen LogP contribution in [0.1, 0.15) is 27.8 Å². The van der Waals surface area contributed by atoms with E-state index in [1.807, 2.05) is 33.8 Å². The number of carbonyl (C=O) groups is 1. The standard InChI is InChI=1S/C22H28N2O4S/c1-15-13-16(2)18(4)22(17(15)3)29(27,28)24-11-9-23(10-12-24)21(26)14-19-7-5-6-8-20(19)25/h5-8,13,25H,9-12,14H2,1-4H3. The maximum atomic E-state index is 13.3. The zero-order chi connectivity index (χ0) is 21.3. The molecule has 1 heterocycles. The Hall–Kier alpha value is -2.38. The molecule has 6 nitrogen and oxygen atoms in total. The summed E-state index contributed by atoms with van der Waals surface area (Å²) in [5.74, 6) is -0.00913. The van der Waals surface area contributed by atoms with Gasteiger partial charge >= 0.3 is 0 Å². The van der Waals surface area contributed by atoms with Gasteiger partial charge in [-0.3, -0.25) is 4.79 Å². The van der Waals surface area contributed by atoms with Crippen LogP contribution in [0.3, 0.4) is 0 Å². The van der Waals surface area contributed by atoms with Gasteiger partial charge in [-0.25, -0.2) is 8.42 Å². The number of benzene rings is 2. The molecule has 7 heteroatoms. The van der Waals surface area contributed by atoms with Crippen LogP contribution in [0.4, 0.5) is 0 Å². The Bertz CT molecular complexity index is 1010. The van der Waals surface area contributed by atoms with Crippen LogP contribution in [-0.2, 0) is 21.2 Å². The first-order valence-corrected chi connectivity index (χ1v) is 11.2. The van der Waals surface area contributed by atoms with E-state index in [0.717, 1.165) is 22.3 Å². The number of amides is 1. The van der Waals surface area contributed by atoms with Gasteiger partial charge in [0.15, 0.2) is 0 Å². The first kappa shape index (κ1) is 21.3. The van der Waals surface area contributed by atoms with Crippen molar-refractivity contribution in [2.45, 2.75) is 39.0 Å². The van der Waals surface area contributed by atoms with E-state index in [-0.39, 0.29) is 31.2 Å². The minimum Gasteiger partial charge on any atom is -0.508 e. The van der Waals surface area contributed by atoms with Gasteiger partial charge in [-0.1, -0.05) is 24.3 Å². The topological polar surface area (TPSA) is 77.9 Å². The second-order valence-corrected chi connectivity index (χ2v) is 9.55. The zero-order valence-corrected chi connectivity index (χ0v) is 18.2. The fraction of sp³-hybridized carbons (Fsp3) is 0.409. The third-order valence-electron chi connectivity index (χ3n) is 5.82. The van der Waals surface area contributed by atoms with Crippen molar-refractivity contribution in [3.8, 4) is 5.75 Å². The number of nitrogens with zero attached hydrogens (tertiary/aromatic N) is 2. The molecule has 0 aromatic heterocycles. The molecule has 1 aliphatic heterocycles. The monoisotopic (exact) mass is 416 g/mol. The molecular formula is C22H28N2O4S. The molecule has 0 radical (unpaired) electrons. The van der Waals surface area contributed by atoms with E-state index >= 15 is 0 Å². The number of sulfonamides is 1. The number of aryl methyl sites for hydroxylation is 2. The minimum atomic E-state index is -3.63. The smallest absolute Gasteiger partial charge is 0.243 e. The average Bonchev–Trinajstić information content (AvgIpc) is 2.68. The van der Waals surface area contributed by atoms with Crippen molar-refractivity contribution in [2.75, 3.05) is 26.2 Å². The lowest BCUT2D eigenvalue weighted by molar-refractivity contribution is -0.131. The second kappa shape index (κ2) is 8.16. The van der Waals surface area contributed by atoms with Crippen molar-refractivity contribution in [3.05, 3.63) is 58.1 Å². The van der Waals surface area contributed by atoms with Crippen LogP contribution >= 0.6 is 0 Å². The Kier molecular flexibility index (Phi) is 6.00. The molecule has 156 valence electrons. The molecular weight excluding hydrogens is 388 g/mol. The molecule has 2 aromatic carbocycles. The predicted molar refractivity (Wildman–Crippen MR) is 113 cm³/mol. The highest BCUT2D eigenvalue weighted by molar-refractivity contribution is 7.89. The maximum Gasteiger partial charge on any atom is 0.243 e. The van der Waals surface area contributed by atoms with Gasteiger partial charge < -0.3 is 10.0 Å². The molecule has 1 saturated heterocycles. The summed E-state index contributed by atoms with van der Waals surface area (Å²) in [6.45, 7) is 8.76. The fourth-order valence-corrected chi connectivity index (χ4v) is 5.81. The summed E-state index contributed by atoms with van der Waals surface area (Å²) in [7, 11) is -3.63. The van der Waals surface area contributed by atoms with Crippen LogP contribution in [0.2, 0.25) is 0 Å². The van der Waals surface area contributed by atoms with Gasteiger partial charge in [-0.15, -0.1) is 0 Å². The lowest BCUT2D eigenvalue weighted by Gasteiger charge is -2.35. The molecule has 3 rings (SSSR count). The highest BCUT2D eigenvalue weighted by Crippen LogP contribution is 2.29. The first-order valence-electron chi connectivity index (χ1n) is 9.75. The molecule has 0 aliphatic carbocycles. The number of phenols is 1. The van der Waals surface area contributed by atoms with E-state index in [2.05, 4.69) is 0 Å². The van der Waals surface area contributed by atoms with Crippen molar-refractivity contribution >= 4 is 15.9 Å². The number of phenolic OH excluding ortho intramolecular Hbond substituents is 1.